The summed E-state index contributed by atoms with van der Waals surface area (Å²) < 4.78 is 22.9. The smallest absolute Gasteiger partial charge is 0.306 e. The number of aliphatic carboxylic acids is 1. The number of amides is 1. The molecular weight excluding hydrogens is 294 g/mol. The van der Waals surface area contributed by atoms with Gasteiger partial charge in [0.05, 0.1) is 10.8 Å². The zero-order valence-corrected chi connectivity index (χ0v) is 12.4. The van der Waals surface area contributed by atoms with Crippen molar-refractivity contribution >= 4 is 21.7 Å². The van der Waals surface area contributed by atoms with Gasteiger partial charge in [-0.2, -0.15) is 0 Å². The molecule has 0 radical (unpaired) electrons. The molecule has 2 rings (SSSR count). The van der Waals surface area contributed by atoms with Gasteiger partial charge in [0.25, 0.3) is 5.91 Å². The van der Waals surface area contributed by atoms with Crippen molar-refractivity contribution in [2.24, 2.45) is 5.92 Å². The maximum absolute atomic E-state index is 12.1. The molecule has 1 aliphatic carbocycles. The lowest BCUT2D eigenvalue weighted by molar-refractivity contribution is -0.141. The topological polar surface area (TPSA) is 101 Å². The number of carbonyl (C=O) groups excluding carboxylic acids is 1. The van der Waals surface area contributed by atoms with E-state index >= 15 is 0 Å². The minimum Gasteiger partial charge on any atom is -0.481 e. The molecule has 0 unspecified atom stereocenters. The van der Waals surface area contributed by atoms with Crippen molar-refractivity contribution < 1.29 is 23.1 Å². The molecule has 21 heavy (non-hydrogen) atoms. The summed E-state index contributed by atoms with van der Waals surface area (Å²) in [6, 6.07) is 5.63. The molecular formula is C14H17NO5S. The molecule has 1 amide bonds. The van der Waals surface area contributed by atoms with Crippen LogP contribution in [0.3, 0.4) is 0 Å². The van der Waals surface area contributed by atoms with Gasteiger partial charge in [0, 0.05) is 17.9 Å². The molecule has 2 atom stereocenters. The summed E-state index contributed by atoms with van der Waals surface area (Å²) in [4.78, 5) is 23.1. The van der Waals surface area contributed by atoms with Gasteiger partial charge in [-0.1, -0.05) is 6.07 Å². The van der Waals surface area contributed by atoms with Crippen LogP contribution < -0.4 is 5.32 Å². The maximum Gasteiger partial charge on any atom is 0.306 e. The largest absolute Gasteiger partial charge is 0.481 e. The van der Waals surface area contributed by atoms with Crippen molar-refractivity contribution in [3.63, 3.8) is 0 Å². The molecule has 0 aliphatic heterocycles. The zero-order valence-electron chi connectivity index (χ0n) is 11.6. The summed E-state index contributed by atoms with van der Waals surface area (Å²) in [5.74, 6) is -1.64. The predicted octanol–water partition coefficient (Wildman–Crippen LogP) is 1.07. The van der Waals surface area contributed by atoms with E-state index in [1.54, 1.807) is 0 Å². The lowest BCUT2D eigenvalue weighted by atomic mass is 10.1. The molecule has 2 N–H and O–H groups in total. The Hall–Kier alpha value is -1.89. The standard InChI is InChI=1S/C14H17NO5S/c1-21(19,20)12-4-2-3-9(8-12)13(16)15-11-6-5-10(7-11)14(17)18/h2-4,8,10-11H,5-7H2,1H3,(H,15,16)(H,17,18)/t10-,11+/m1/s1. The van der Waals surface area contributed by atoms with Crippen LogP contribution in [0.5, 0.6) is 0 Å². The quantitative estimate of drug-likeness (QED) is 0.866. The number of hydrogen-bond donors (Lipinski definition) is 2. The molecule has 0 saturated heterocycles. The fraction of sp³-hybridized carbons (Fsp3) is 0.429. The van der Waals surface area contributed by atoms with Crippen LogP contribution >= 0.6 is 0 Å². The van der Waals surface area contributed by atoms with Gasteiger partial charge in [0.15, 0.2) is 9.84 Å². The van der Waals surface area contributed by atoms with E-state index < -0.39 is 21.7 Å². The Labute approximate surface area is 123 Å². The van der Waals surface area contributed by atoms with Gasteiger partial charge < -0.3 is 10.4 Å². The first kappa shape index (κ1) is 15.5. The molecule has 0 heterocycles. The Balaban J connectivity index is 2.06. The van der Waals surface area contributed by atoms with E-state index in [1.807, 2.05) is 0 Å². The number of nitrogens with one attached hydrogen (secondary N) is 1. The highest BCUT2D eigenvalue weighted by atomic mass is 32.2. The molecule has 0 spiro atoms. The molecule has 1 aliphatic rings. The third-order valence-electron chi connectivity index (χ3n) is 3.64. The van der Waals surface area contributed by atoms with Crippen LogP contribution in [-0.4, -0.2) is 37.7 Å². The van der Waals surface area contributed by atoms with E-state index in [0.29, 0.717) is 19.3 Å². The van der Waals surface area contributed by atoms with E-state index in [9.17, 15) is 18.0 Å². The fourth-order valence-electron chi connectivity index (χ4n) is 2.47. The van der Waals surface area contributed by atoms with Crippen LogP contribution in [0.25, 0.3) is 0 Å². The molecule has 7 heteroatoms. The van der Waals surface area contributed by atoms with E-state index in [-0.39, 0.29) is 22.4 Å². The van der Waals surface area contributed by atoms with E-state index in [0.717, 1.165) is 6.26 Å². The number of hydrogen-bond acceptors (Lipinski definition) is 4. The number of sulfone groups is 1. The summed E-state index contributed by atoms with van der Waals surface area (Å²) in [5.41, 5.74) is 0.261. The molecule has 0 bridgehead atoms. The first-order chi connectivity index (χ1) is 9.77. The van der Waals surface area contributed by atoms with Crippen molar-refractivity contribution in [2.75, 3.05) is 6.26 Å². The number of carboxylic acid groups (broad SMARTS) is 1. The van der Waals surface area contributed by atoms with Gasteiger partial charge in [-0.25, -0.2) is 8.42 Å². The summed E-state index contributed by atoms with van der Waals surface area (Å²) >= 11 is 0. The monoisotopic (exact) mass is 311 g/mol. The van der Waals surface area contributed by atoms with Crippen LogP contribution in [0.4, 0.5) is 0 Å². The van der Waals surface area contributed by atoms with Crippen LogP contribution in [-0.2, 0) is 14.6 Å². The zero-order chi connectivity index (χ0) is 15.6. The van der Waals surface area contributed by atoms with Crippen molar-refractivity contribution in [1.82, 2.24) is 5.32 Å². The fourth-order valence-corrected chi connectivity index (χ4v) is 3.14. The van der Waals surface area contributed by atoms with Crippen LogP contribution in [0.15, 0.2) is 29.2 Å². The van der Waals surface area contributed by atoms with Gasteiger partial charge in [-0.05, 0) is 37.5 Å². The molecule has 1 aromatic rings. The number of rotatable bonds is 4. The van der Waals surface area contributed by atoms with Crippen LogP contribution in [0, 0.1) is 5.92 Å². The lowest BCUT2D eigenvalue weighted by Gasteiger charge is -2.12. The second-order valence-corrected chi connectivity index (χ2v) is 7.33. The van der Waals surface area contributed by atoms with Gasteiger partial charge in [-0.15, -0.1) is 0 Å². The molecule has 0 aromatic heterocycles. The average molecular weight is 311 g/mol. The van der Waals surface area contributed by atoms with E-state index in [2.05, 4.69) is 5.32 Å². The molecule has 1 fully saturated rings. The van der Waals surface area contributed by atoms with Crippen LogP contribution in [0.1, 0.15) is 29.6 Å². The SMILES string of the molecule is CS(=O)(=O)c1cccc(C(=O)N[C@H]2CC[C@@H](C(=O)O)C2)c1. The Kier molecular flexibility index (Phi) is 4.32. The van der Waals surface area contributed by atoms with Crippen LogP contribution in [0.2, 0.25) is 0 Å². The Morgan fingerprint density at radius 3 is 2.57 bits per heavy atom. The highest BCUT2D eigenvalue weighted by molar-refractivity contribution is 7.90. The minimum absolute atomic E-state index is 0.0879. The summed E-state index contributed by atoms with van der Waals surface area (Å²) in [6.07, 6.45) is 2.66. The normalized spacial score (nSPS) is 22.0. The Bertz CT molecular complexity index is 668. The van der Waals surface area contributed by atoms with E-state index in [1.165, 1.54) is 24.3 Å². The molecule has 1 saturated carbocycles. The lowest BCUT2D eigenvalue weighted by Crippen LogP contribution is -2.33. The van der Waals surface area contributed by atoms with Gasteiger partial charge >= 0.3 is 5.97 Å². The van der Waals surface area contributed by atoms with E-state index in [4.69, 9.17) is 5.11 Å². The van der Waals surface area contributed by atoms with Crippen molar-refractivity contribution in [1.29, 1.82) is 0 Å². The molecule has 6 nitrogen and oxygen atoms in total. The second kappa shape index (κ2) is 5.85. The third kappa shape index (κ3) is 3.81. The van der Waals surface area contributed by atoms with Crippen molar-refractivity contribution in [2.45, 2.75) is 30.2 Å². The Morgan fingerprint density at radius 1 is 1.29 bits per heavy atom. The highest BCUT2D eigenvalue weighted by Gasteiger charge is 2.30. The third-order valence-corrected chi connectivity index (χ3v) is 4.75. The molecule has 1 aromatic carbocycles. The van der Waals surface area contributed by atoms with Crippen molar-refractivity contribution in [3.8, 4) is 0 Å². The number of benzene rings is 1. The second-order valence-electron chi connectivity index (χ2n) is 5.32. The minimum atomic E-state index is -3.36. The number of carboxylic acids is 1. The first-order valence-electron chi connectivity index (χ1n) is 6.61. The Morgan fingerprint density at radius 2 is 2.00 bits per heavy atom. The summed E-state index contributed by atoms with van der Waals surface area (Å²) in [7, 11) is -3.36. The van der Waals surface area contributed by atoms with Gasteiger partial charge in [0.2, 0.25) is 0 Å². The van der Waals surface area contributed by atoms with Crippen molar-refractivity contribution in [3.05, 3.63) is 29.8 Å². The highest BCUT2D eigenvalue weighted by Crippen LogP contribution is 2.26. The number of carbonyl (C=O) groups is 2. The molecule has 114 valence electrons. The summed E-state index contributed by atoms with van der Waals surface area (Å²) in [5, 5.41) is 11.7. The van der Waals surface area contributed by atoms with Gasteiger partial charge in [0.1, 0.15) is 0 Å². The maximum atomic E-state index is 12.1. The predicted molar refractivity (Wildman–Crippen MR) is 75.8 cm³/mol. The summed E-state index contributed by atoms with van der Waals surface area (Å²) in [6.45, 7) is 0. The average Bonchev–Trinajstić information content (AvgIpc) is 2.86. The first-order valence-corrected chi connectivity index (χ1v) is 8.50. The van der Waals surface area contributed by atoms with Gasteiger partial charge in [-0.3, -0.25) is 9.59 Å².